The quantitative estimate of drug-likeness (QED) is 0.358. The molecule has 0 atom stereocenters. The number of rotatable bonds is 9. The summed E-state index contributed by atoms with van der Waals surface area (Å²) in [4.78, 5) is 17.1. The van der Waals surface area contributed by atoms with Gasteiger partial charge in [-0.1, -0.05) is 23.9 Å². The van der Waals surface area contributed by atoms with Gasteiger partial charge in [0.15, 0.2) is 0 Å². The van der Waals surface area contributed by atoms with Gasteiger partial charge in [-0.25, -0.2) is 4.98 Å². The number of pyridine rings is 1. The van der Waals surface area contributed by atoms with Crippen molar-refractivity contribution in [1.82, 2.24) is 9.55 Å². The summed E-state index contributed by atoms with van der Waals surface area (Å²) < 4.78 is 18.0. The third-order valence-electron chi connectivity index (χ3n) is 5.19. The second kappa shape index (κ2) is 10.3. The first-order chi connectivity index (χ1) is 16.1. The first kappa shape index (κ1) is 22.5. The van der Waals surface area contributed by atoms with Gasteiger partial charge in [0.1, 0.15) is 22.3 Å². The van der Waals surface area contributed by atoms with E-state index in [-0.39, 0.29) is 11.7 Å². The van der Waals surface area contributed by atoms with Crippen LogP contribution in [-0.4, -0.2) is 42.5 Å². The van der Waals surface area contributed by atoms with Gasteiger partial charge >= 0.3 is 0 Å². The van der Waals surface area contributed by atoms with E-state index in [1.807, 2.05) is 30.5 Å². The molecule has 170 valence electrons. The van der Waals surface area contributed by atoms with Gasteiger partial charge in [-0.15, -0.1) is 0 Å². The van der Waals surface area contributed by atoms with Crippen LogP contribution in [-0.2, 0) is 11.3 Å². The lowest BCUT2D eigenvalue weighted by Crippen LogP contribution is -2.15. The Labute approximate surface area is 196 Å². The number of nitrogens with one attached hydrogen (secondary N) is 1. The number of methoxy groups -OCH3 is 3. The van der Waals surface area contributed by atoms with Crippen LogP contribution in [0.4, 0.5) is 5.69 Å². The summed E-state index contributed by atoms with van der Waals surface area (Å²) in [6, 6.07) is 17.3. The van der Waals surface area contributed by atoms with E-state index in [1.165, 1.54) is 17.3 Å². The van der Waals surface area contributed by atoms with E-state index in [9.17, 15) is 4.79 Å². The van der Waals surface area contributed by atoms with Crippen molar-refractivity contribution in [2.45, 2.75) is 11.6 Å². The molecule has 0 fully saturated rings. The Hall–Kier alpha value is -3.65. The zero-order valence-electron chi connectivity index (χ0n) is 18.7. The number of carbonyl (C=O) groups is 1. The van der Waals surface area contributed by atoms with E-state index < -0.39 is 0 Å². The molecule has 4 rings (SSSR count). The third kappa shape index (κ3) is 5.23. The fourth-order valence-electron chi connectivity index (χ4n) is 3.51. The Bertz CT molecular complexity index is 1250. The second-order valence-electron chi connectivity index (χ2n) is 7.24. The standard InChI is InChI=1S/C25H25N3O4S/c1-30-18-6-4-17(5-7-18)15-28-13-11-20-22(28)10-12-26-25(20)33-16-24(29)27-21-14-19(31-2)8-9-23(21)32-3/h4-14H,15-16H2,1-3H3,(H,27,29). The van der Waals surface area contributed by atoms with Crippen molar-refractivity contribution in [3.05, 3.63) is 72.6 Å². The normalized spacial score (nSPS) is 10.8. The minimum Gasteiger partial charge on any atom is -0.497 e. The van der Waals surface area contributed by atoms with Crippen LogP contribution < -0.4 is 19.5 Å². The predicted molar refractivity (Wildman–Crippen MR) is 131 cm³/mol. The molecule has 0 unspecified atom stereocenters. The number of benzene rings is 2. The molecule has 0 spiro atoms. The number of nitrogens with zero attached hydrogens (tertiary/aromatic N) is 2. The monoisotopic (exact) mass is 463 g/mol. The summed E-state index contributed by atoms with van der Waals surface area (Å²) >= 11 is 1.40. The summed E-state index contributed by atoms with van der Waals surface area (Å²) in [5.74, 6) is 2.12. The lowest BCUT2D eigenvalue weighted by atomic mass is 10.2. The highest BCUT2D eigenvalue weighted by Crippen LogP contribution is 2.30. The molecule has 0 bridgehead atoms. The molecule has 0 saturated heterocycles. The van der Waals surface area contributed by atoms with Gasteiger partial charge in [0.2, 0.25) is 5.91 Å². The van der Waals surface area contributed by atoms with E-state index in [2.05, 4.69) is 27.0 Å². The molecule has 0 aliphatic carbocycles. The zero-order chi connectivity index (χ0) is 23.2. The van der Waals surface area contributed by atoms with Crippen LogP contribution >= 0.6 is 11.8 Å². The number of carbonyl (C=O) groups excluding carboxylic acids is 1. The van der Waals surface area contributed by atoms with Crippen molar-refractivity contribution in [2.24, 2.45) is 0 Å². The lowest BCUT2D eigenvalue weighted by molar-refractivity contribution is -0.113. The largest absolute Gasteiger partial charge is 0.497 e. The molecule has 0 radical (unpaired) electrons. The second-order valence-corrected chi connectivity index (χ2v) is 8.21. The van der Waals surface area contributed by atoms with E-state index >= 15 is 0 Å². The van der Waals surface area contributed by atoms with E-state index in [1.54, 1.807) is 45.7 Å². The molecule has 7 nitrogen and oxygen atoms in total. The van der Waals surface area contributed by atoms with Crippen molar-refractivity contribution >= 4 is 34.3 Å². The van der Waals surface area contributed by atoms with Crippen molar-refractivity contribution < 1.29 is 19.0 Å². The maximum Gasteiger partial charge on any atom is 0.234 e. The van der Waals surface area contributed by atoms with Gasteiger partial charge in [-0.3, -0.25) is 4.79 Å². The number of ether oxygens (including phenoxy) is 3. The number of anilines is 1. The van der Waals surface area contributed by atoms with Crippen LogP contribution in [0.15, 0.2) is 72.0 Å². The first-order valence-electron chi connectivity index (χ1n) is 10.3. The van der Waals surface area contributed by atoms with Gasteiger partial charge in [-0.2, -0.15) is 0 Å². The Morgan fingerprint density at radius 2 is 1.73 bits per heavy atom. The average Bonchev–Trinajstić information content (AvgIpc) is 3.26. The first-order valence-corrected chi connectivity index (χ1v) is 11.3. The van der Waals surface area contributed by atoms with Crippen LogP contribution in [0.2, 0.25) is 0 Å². The molecule has 1 amide bonds. The Morgan fingerprint density at radius 3 is 2.45 bits per heavy atom. The smallest absolute Gasteiger partial charge is 0.234 e. The van der Waals surface area contributed by atoms with Crippen LogP contribution in [0.25, 0.3) is 10.9 Å². The highest BCUT2D eigenvalue weighted by molar-refractivity contribution is 8.00. The van der Waals surface area contributed by atoms with Gasteiger partial charge in [0.25, 0.3) is 0 Å². The van der Waals surface area contributed by atoms with Crippen molar-refractivity contribution in [2.75, 3.05) is 32.4 Å². The van der Waals surface area contributed by atoms with Crippen molar-refractivity contribution in [3.8, 4) is 17.2 Å². The van der Waals surface area contributed by atoms with Crippen LogP contribution in [0.3, 0.4) is 0 Å². The topological polar surface area (TPSA) is 74.6 Å². The van der Waals surface area contributed by atoms with Crippen LogP contribution in [0.5, 0.6) is 17.2 Å². The summed E-state index contributed by atoms with van der Waals surface area (Å²) in [6.07, 6.45) is 3.82. The number of amides is 1. The van der Waals surface area contributed by atoms with Gasteiger partial charge in [0.05, 0.1) is 38.3 Å². The van der Waals surface area contributed by atoms with E-state index in [0.717, 1.165) is 28.2 Å². The van der Waals surface area contributed by atoms with Crippen molar-refractivity contribution in [3.63, 3.8) is 0 Å². The summed E-state index contributed by atoms with van der Waals surface area (Å²) in [7, 11) is 4.80. The maximum absolute atomic E-state index is 12.6. The molecule has 0 aliphatic heterocycles. The average molecular weight is 464 g/mol. The number of hydrogen-bond donors (Lipinski definition) is 1. The molecule has 33 heavy (non-hydrogen) atoms. The number of aromatic nitrogens is 2. The Balaban J connectivity index is 1.45. The number of fused-ring (bicyclic) bond motifs is 1. The molecular weight excluding hydrogens is 438 g/mol. The van der Waals surface area contributed by atoms with Gasteiger partial charge < -0.3 is 24.1 Å². The fraction of sp³-hybridized carbons (Fsp3) is 0.200. The Kier molecular flexibility index (Phi) is 7.04. The summed E-state index contributed by atoms with van der Waals surface area (Å²) in [6.45, 7) is 0.734. The summed E-state index contributed by atoms with van der Waals surface area (Å²) in [5.41, 5.74) is 2.81. The Morgan fingerprint density at radius 1 is 0.970 bits per heavy atom. The number of thioether (sulfide) groups is 1. The lowest BCUT2D eigenvalue weighted by Gasteiger charge is -2.12. The van der Waals surface area contributed by atoms with Crippen LogP contribution in [0.1, 0.15) is 5.56 Å². The molecule has 2 aromatic carbocycles. The minimum atomic E-state index is -0.150. The minimum absolute atomic E-state index is 0.150. The predicted octanol–water partition coefficient (Wildman–Crippen LogP) is 4.84. The third-order valence-corrected chi connectivity index (χ3v) is 6.20. The van der Waals surface area contributed by atoms with E-state index in [0.29, 0.717) is 17.2 Å². The fourth-order valence-corrected chi connectivity index (χ4v) is 4.31. The maximum atomic E-state index is 12.6. The van der Waals surface area contributed by atoms with Gasteiger partial charge in [0, 0.05) is 30.4 Å². The molecular formula is C25H25N3O4S. The molecule has 0 saturated carbocycles. The highest BCUT2D eigenvalue weighted by Gasteiger charge is 2.13. The number of hydrogen-bond acceptors (Lipinski definition) is 6. The molecule has 2 heterocycles. The van der Waals surface area contributed by atoms with Crippen molar-refractivity contribution in [1.29, 1.82) is 0 Å². The molecule has 2 aromatic heterocycles. The molecule has 0 aliphatic rings. The molecule has 1 N–H and O–H groups in total. The highest BCUT2D eigenvalue weighted by atomic mass is 32.2. The molecule has 8 heteroatoms. The van der Waals surface area contributed by atoms with E-state index in [4.69, 9.17) is 14.2 Å². The van der Waals surface area contributed by atoms with Crippen LogP contribution in [0, 0.1) is 0 Å². The molecule has 4 aromatic rings. The summed E-state index contributed by atoms with van der Waals surface area (Å²) in [5, 5.41) is 4.72. The SMILES string of the molecule is COc1ccc(Cn2ccc3c(SCC(=O)Nc4cc(OC)ccc4OC)nccc32)cc1. The van der Waals surface area contributed by atoms with Gasteiger partial charge in [-0.05, 0) is 42.0 Å². The zero-order valence-corrected chi connectivity index (χ0v) is 19.5.